The standard InChI is InChI=1S/C8H13N3O2/c1-3-9-4-6-5-11(2)7(10-6)8(12)13/h5,9H,3-4H2,1-2H3,(H,12,13). The number of rotatable bonds is 4. The third-order valence-electron chi connectivity index (χ3n) is 1.67. The van der Waals surface area contributed by atoms with E-state index in [2.05, 4.69) is 10.3 Å². The van der Waals surface area contributed by atoms with Crippen molar-refractivity contribution in [1.29, 1.82) is 0 Å². The summed E-state index contributed by atoms with van der Waals surface area (Å²) in [5, 5.41) is 11.8. The molecule has 2 N–H and O–H groups in total. The Morgan fingerprint density at radius 1 is 1.77 bits per heavy atom. The van der Waals surface area contributed by atoms with Crippen LogP contribution in [0.4, 0.5) is 0 Å². The van der Waals surface area contributed by atoms with Crippen LogP contribution in [0.1, 0.15) is 23.2 Å². The minimum absolute atomic E-state index is 0.0768. The van der Waals surface area contributed by atoms with Crippen LogP contribution in [0.5, 0.6) is 0 Å². The molecule has 1 aromatic heterocycles. The summed E-state index contributed by atoms with van der Waals surface area (Å²) in [6, 6.07) is 0. The molecule has 0 aliphatic heterocycles. The van der Waals surface area contributed by atoms with Crippen LogP contribution in [0, 0.1) is 0 Å². The Labute approximate surface area is 76.4 Å². The fraction of sp³-hybridized carbons (Fsp3) is 0.500. The van der Waals surface area contributed by atoms with Gasteiger partial charge in [0.2, 0.25) is 5.82 Å². The third kappa shape index (κ3) is 2.29. The van der Waals surface area contributed by atoms with Gasteiger partial charge in [0.15, 0.2) is 0 Å². The zero-order chi connectivity index (χ0) is 9.84. The molecule has 0 atom stereocenters. The Morgan fingerprint density at radius 3 is 2.92 bits per heavy atom. The van der Waals surface area contributed by atoms with Crippen molar-refractivity contribution in [2.45, 2.75) is 13.5 Å². The number of carboxylic acids is 1. The molecule has 0 bridgehead atoms. The Hall–Kier alpha value is -1.36. The molecule has 1 rings (SSSR count). The maximum absolute atomic E-state index is 10.6. The fourth-order valence-electron chi connectivity index (χ4n) is 1.07. The number of hydrogen-bond acceptors (Lipinski definition) is 3. The molecule has 13 heavy (non-hydrogen) atoms. The van der Waals surface area contributed by atoms with Gasteiger partial charge in [-0.2, -0.15) is 0 Å². The molecule has 0 aliphatic carbocycles. The SMILES string of the molecule is CCNCc1cn(C)c(C(=O)O)n1. The largest absolute Gasteiger partial charge is 0.475 e. The first-order valence-electron chi connectivity index (χ1n) is 4.11. The van der Waals surface area contributed by atoms with Gasteiger partial charge < -0.3 is 15.0 Å². The molecule has 0 fully saturated rings. The zero-order valence-corrected chi connectivity index (χ0v) is 7.74. The van der Waals surface area contributed by atoms with Crippen molar-refractivity contribution >= 4 is 5.97 Å². The highest BCUT2D eigenvalue weighted by molar-refractivity contribution is 5.83. The lowest BCUT2D eigenvalue weighted by molar-refractivity contribution is 0.0679. The Balaban J connectivity index is 2.76. The van der Waals surface area contributed by atoms with E-state index in [-0.39, 0.29) is 5.82 Å². The second-order valence-corrected chi connectivity index (χ2v) is 2.75. The van der Waals surface area contributed by atoms with E-state index < -0.39 is 5.97 Å². The second kappa shape index (κ2) is 4.04. The molecular formula is C8H13N3O2. The van der Waals surface area contributed by atoms with E-state index >= 15 is 0 Å². The summed E-state index contributed by atoms with van der Waals surface area (Å²) < 4.78 is 1.51. The summed E-state index contributed by atoms with van der Waals surface area (Å²) in [5.41, 5.74) is 0.752. The lowest BCUT2D eigenvalue weighted by Crippen LogP contribution is -2.12. The van der Waals surface area contributed by atoms with Crippen LogP contribution in [0.15, 0.2) is 6.20 Å². The van der Waals surface area contributed by atoms with Gasteiger partial charge in [0.25, 0.3) is 0 Å². The van der Waals surface area contributed by atoms with Gasteiger partial charge in [0.1, 0.15) is 0 Å². The van der Waals surface area contributed by atoms with E-state index in [0.29, 0.717) is 6.54 Å². The molecule has 0 aliphatic rings. The van der Waals surface area contributed by atoms with Crippen molar-refractivity contribution in [3.05, 3.63) is 17.7 Å². The molecule has 5 heteroatoms. The van der Waals surface area contributed by atoms with Crippen molar-refractivity contribution in [3.8, 4) is 0 Å². The van der Waals surface area contributed by atoms with Crippen molar-refractivity contribution < 1.29 is 9.90 Å². The van der Waals surface area contributed by atoms with E-state index in [4.69, 9.17) is 5.11 Å². The highest BCUT2D eigenvalue weighted by Gasteiger charge is 2.10. The average Bonchev–Trinajstić information content (AvgIpc) is 2.43. The Morgan fingerprint density at radius 2 is 2.46 bits per heavy atom. The molecule has 5 nitrogen and oxygen atoms in total. The fourth-order valence-corrected chi connectivity index (χ4v) is 1.07. The summed E-state index contributed by atoms with van der Waals surface area (Å²) in [4.78, 5) is 14.6. The van der Waals surface area contributed by atoms with Crippen molar-refractivity contribution in [2.75, 3.05) is 6.54 Å². The minimum Gasteiger partial charge on any atom is -0.475 e. The number of carbonyl (C=O) groups is 1. The smallest absolute Gasteiger partial charge is 0.372 e. The van der Waals surface area contributed by atoms with Crippen LogP contribution < -0.4 is 5.32 Å². The zero-order valence-electron chi connectivity index (χ0n) is 7.74. The summed E-state index contributed by atoms with van der Waals surface area (Å²) in [7, 11) is 1.67. The van der Waals surface area contributed by atoms with E-state index in [0.717, 1.165) is 12.2 Å². The van der Waals surface area contributed by atoms with Crippen LogP contribution in [-0.2, 0) is 13.6 Å². The number of aryl methyl sites for hydroxylation is 1. The van der Waals surface area contributed by atoms with Gasteiger partial charge in [0.05, 0.1) is 5.69 Å². The second-order valence-electron chi connectivity index (χ2n) is 2.75. The number of aromatic nitrogens is 2. The first-order valence-corrected chi connectivity index (χ1v) is 4.11. The molecule has 1 heterocycles. The third-order valence-corrected chi connectivity index (χ3v) is 1.67. The number of nitrogens with zero attached hydrogens (tertiary/aromatic N) is 2. The average molecular weight is 183 g/mol. The molecule has 0 unspecified atom stereocenters. The predicted molar refractivity (Wildman–Crippen MR) is 47.5 cm³/mol. The highest BCUT2D eigenvalue weighted by Crippen LogP contribution is 2.00. The summed E-state index contributed by atoms with van der Waals surface area (Å²) in [5.74, 6) is -0.918. The number of aromatic carboxylic acids is 1. The van der Waals surface area contributed by atoms with Crippen LogP contribution in [-0.4, -0.2) is 27.2 Å². The molecule has 0 aromatic carbocycles. The normalized spacial score (nSPS) is 10.3. The van der Waals surface area contributed by atoms with Gasteiger partial charge in [-0.3, -0.25) is 0 Å². The van der Waals surface area contributed by atoms with Crippen LogP contribution in [0.25, 0.3) is 0 Å². The molecule has 0 saturated carbocycles. The Kier molecular flexibility index (Phi) is 3.02. The monoisotopic (exact) mass is 183 g/mol. The first kappa shape index (κ1) is 9.73. The molecular weight excluding hydrogens is 170 g/mol. The lowest BCUT2D eigenvalue weighted by atomic mass is 10.5. The van der Waals surface area contributed by atoms with Crippen LogP contribution in [0.3, 0.4) is 0 Å². The van der Waals surface area contributed by atoms with Gasteiger partial charge in [0, 0.05) is 19.8 Å². The van der Waals surface area contributed by atoms with Gasteiger partial charge in [-0.05, 0) is 6.54 Å². The predicted octanol–water partition coefficient (Wildman–Crippen LogP) is 0.228. The number of nitrogens with one attached hydrogen (secondary N) is 1. The van der Waals surface area contributed by atoms with Gasteiger partial charge in [-0.25, -0.2) is 9.78 Å². The molecule has 0 spiro atoms. The number of imidazole rings is 1. The molecule has 0 amide bonds. The van der Waals surface area contributed by atoms with Crippen LogP contribution >= 0.6 is 0 Å². The molecule has 0 radical (unpaired) electrons. The van der Waals surface area contributed by atoms with E-state index in [1.54, 1.807) is 13.2 Å². The number of carboxylic acid groups (broad SMARTS) is 1. The first-order chi connectivity index (χ1) is 6.15. The van der Waals surface area contributed by atoms with E-state index in [1.165, 1.54) is 4.57 Å². The topological polar surface area (TPSA) is 67.2 Å². The van der Waals surface area contributed by atoms with E-state index in [9.17, 15) is 4.79 Å². The Bertz CT molecular complexity index is 306. The molecule has 1 aromatic rings. The number of hydrogen-bond donors (Lipinski definition) is 2. The van der Waals surface area contributed by atoms with Crippen molar-refractivity contribution in [3.63, 3.8) is 0 Å². The van der Waals surface area contributed by atoms with Gasteiger partial charge in [-0.1, -0.05) is 6.92 Å². The summed E-state index contributed by atoms with van der Waals surface area (Å²) >= 11 is 0. The lowest BCUT2D eigenvalue weighted by Gasteiger charge is -1.94. The van der Waals surface area contributed by atoms with Crippen molar-refractivity contribution in [1.82, 2.24) is 14.9 Å². The maximum Gasteiger partial charge on any atom is 0.372 e. The maximum atomic E-state index is 10.6. The summed E-state index contributed by atoms with van der Waals surface area (Å²) in [6.07, 6.45) is 1.71. The molecule has 72 valence electrons. The van der Waals surface area contributed by atoms with E-state index in [1.807, 2.05) is 6.92 Å². The van der Waals surface area contributed by atoms with Gasteiger partial charge in [-0.15, -0.1) is 0 Å². The van der Waals surface area contributed by atoms with Gasteiger partial charge >= 0.3 is 5.97 Å². The quantitative estimate of drug-likeness (QED) is 0.701. The van der Waals surface area contributed by atoms with Crippen LogP contribution in [0.2, 0.25) is 0 Å². The molecule has 0 saturated heterocycles. The summed E-state index contributed by atoms with van der Waals surface area (Å²) in [6.45, 7) is 3.44. The van der Waals surface area contributed by atoms with Crippen molar-refractivity contribution in [2.24, 2.45) is 7.05 Å². The highest BCUT2D eigenvalue weighted by atomic mass is 16.4. The minimum atomic E-state index is -0.995.